The topological polar surface area (TPSA) is 65.6 Å². The SMILES string of the molecule is OCC1(NCC(O)c2ccco2)CCC1. The molecule has 4 heteroatoms. The number of hydrogen-bond donors (Lipinski definition) is 3. The highest BCUT2D eigenvalue weighted by Crippen LogP contribution is 2.31. The molecule has 0 aromatic carbocycles. The molecule has 0 amide bonds. The maximum Gasteiger partial charge on any atom is 0.133 e. The molecule has 4 nitrogen and oxygen atoms in total. The summed E-state index contributed by atoms with van der Waals surface area (Å²) < 4.78 is 5.09. The molecule has 2 rings (SSSR count). The Morgan fingerprint density at radius 2 is 2.33 bits per heavy atom. The van der Waals surface area contributed by atoms with Crippen LogP contribution in [0.2, 0.25) is 0 Å². The molecule has 1 aromatic rings. The summed E-state index contributed by atoms with van der Waals surface area (Å²) in [6, 6.07) is 3.50. The van der Waals surface area contributed by atoms with Gasteiger partial charge in [-0.15, -0.1) is 0 Å². The minimum Gasteiger partial charge on any atom is -0.467 e. The van der Waals surface area contributed by atoms with Gasteiger partial charge in [0.05, 0.1) is 12.9 Å². The predicted molar refractivity (Wildman–Crippen MR) is 55.3 cm³/mol. The van der Waals surface area contributed by atoms with E-state index in [2.05, 4.69) is 5.32 Å². The van der Waals surface area contributed by atoms with Gasteiger partial charge >= 0.3 is 0 Å². The maximum atomic E-state index is 9.75. The minimum atomic E-state index is -0.635. The van der Waals surface area contributed by atoms with E-state index in [9.17, 15) is 10.2 Å². The molecule has 1 heterocycles. The fourth-order valence-corrected chi connectivity index (χ4v) is 1.89. The molecule has 1 saturated carbocycles. The number of aliphatic hydroxyl groups excluding tert-OH is 2. The van der Waals surface area contributed by atoms with Crippen LogP contribution < -0.4 is 5.32 Å². The number of furan rings is 1. The Morgan fingerprint density at radius 3 is 2.80 bits per heavy atom. The van der Waals surface area contributed by atoms with Crippen molar-refractivity contribution in [2.45, 2.75) is 30.9 Å². The van der Waals surface area contributed by atoms with Crippen LogP contribution in [-0.2, 0) is 0 Å². The number of hydrogen-bond acceptors (Lipinski definition) is 4. The van der Waals surface area contributed by atoms with Crippen LogP contribution in [0.15, 0.2) is 22.8 Å². The smallest absolute Gasteiger partial charge is 0.133 e. The van der Waals surface area contributed by atoms with Gasteiger partial charge in [0.2, 0.25) is 0 Å². The standard InChI is InChI=1S/C11H17NO3/c13-8-11(4-2-5-11)12-7-9(14)10-3-1-6-15-10/h1,3,6,9,12-14H,2,4-5,7-8H2. The third-order valence-electron chi connectivity index (χ3n) is 3.16. The Balaban J connectivity index is 1.82. The summed E-state index contributed by atoms with van der Waals surface area (Å²) in [7, 11) is 0. The van der Waals surface area contributed by atoms with Crippen molar-refractivity contribution in [3.05, 3.63) is 24.2 Å². The van der Waals surface area contributed by atoms with Crippen molar-refractivity contribution in [1.82, 2.24) is 5.32 Å². The second-order valence-electron chi connectivity index (χ2n) is 4.20. The van der Waals surface area contributed by atoms with Crippen LogP contribution in [0.1, 0.15) is 31.1 Å². The van der Waals surface area contributed by atoms with Gasteiger partial charge in [-0.2, -0.15) is 0 Å². The average molecular weight is 211 g/mol. The third kappa shape index (κ3) is 2.22. The summed E-state index contributed by atoms with van der Waals surface area (Å²) in [5.41, 5.74) is -0.159. The summed E-state index contributed by atoms with van der Waals surface area (Å²) in [5.74, 6) is 0.565. The van der Waals surface area contributed by atoms with Crippen LogP contribution in [0.25, 0.3) is 0 Å². The second-order valence-corrected chi connectivity index (χ2v) is 4.20. The van der Waals surface area contributed by atoms with Gasteiger partial charge in [0.25, 0.3) is 0 Å². The monoisotopic (exact) mass is 211 g/mol. The van der Waals surface area contributed by atoms with Gasteiger partial charge in [-0.05, 0) is 31.4 Å². The summed E-state index contributed by atoms with van der Waals surface area (Å²) in [6.45, 7) is 0.561. The maximum absolute atomic E-state index is 9.75. The van der Waals surface area contributed by atoms with Crippen molar-refractivity contribution in [2.75, 3.05) is 13.2 Å². The molecule has 15 heavy (non-hydrogen) atoms. The fraction of sp³-hybridized carbons (Fsp3) is 0.636. The highest BCUT2D eigenvalue weighted by Gasteiger charge is 2.36. The van der Waals surface area contributed by atoms with E-state index >= 15 is 0 Å². The summed E-state index contributed by atoms with van der Waals surface area (Å²) in [5, 5.41) is 22.2. The van der Waals surface area contributed by atoms with Crippen molar-refractivity contribution in [2.24, 2.45) is 0 Å². The van der Waals surface area contributed by atoms with Crippen molar-refractivity contribution >= 4 is 0 Å². The van der Waals surface area contributed by atoms with Gasteiger partial charge in [0.1, 0.15) is 11.9 Å². The van der Waals surface area contributed by atoms with Crippen LogP contribution >= 0.6 is 0 Å². The van der Waals surface area contributed by atoms with E-state index in [0.717, 1.165) is 19.3 Å². The van der Waals surface area contributed by atoms with Crippen molar-refractivity contribution < 1.29 is 14.6 Å². The third-order valence-corrected chi connectivity index (χ3v) is 3.16. The summed E-state index contributed by atoms with van der Waals surface area (Å²) >= 11 is 0. The zero-order valence-corrected chi connectivity index (χ0v) is 8.65. The molecular weight excluding hydrogens is 194 g/mol. The molecule has 1 aliphatic rings. The van der Waals surface area contributed by atoms with E-state index in [1.807, 2.05) is 0 Å². The minimum absolute atomic E-state index is 0.137. The van der Waals surface area contributed by atoms with Gasteiger partial charge in [0, 0.05) is 12.1 Å². The molecule has 1 unspecified atom stereocenters. The van der Waals surface area contributed by atoms with E-state index in [1.54, 1.807) is 18.4 Å². The number of rotatable bonds is 5. The number of nitrogens with one attached hydrogen (secondary N) is 1. The number of aliphatic hydroxyl groups is 2. The van der Waals surface area contributed by atoms with E-state index in [0.29, 0.717) is 12.3 Å². The van der Waals surface area contributed by atoms with Crippen LogP contribution in [0.4, 0.5) is 0 Å². The molecular formula is C11H17NO3. The van der Waals surface area contributed by atoms with Crippen molar-refractivity contribution in [3.63, 3.8) is 0 Å². The Kier molecular flexibility index (Phi) is 3.09. The quantitative estimate of drug-likeness (QED) is 0.674. The van der Waals surface area contributed by atoms with Crippen molar-refractivity contribution in [3.8, 4) is 0 Å². The average Bonchev–Trinajstić information content (AvgIpc) is 2.69. The number of β-amino-alcohol motifs (C(OH)–C–C–N with tert-alkyl or cyclic N) is 1. The molecule has 0 spiro atoms. The Morgan fingerprint density at radius 1 is 1.53 bits per heavy atom. The van der Waals surface area contributed by atoms with Crippen LogP contribution in [0, 0.1) is 0 Å². The molecule has 1 aromatic heterocycles. The van der Waals surface area contributed by atoms with Gasteiger partial charge in [-0.1, -0.05) is 0 Å². The van der Waals surface area contributed by atoms with E-state index in [1.165, 1.54) is 0 Å². The van der Waals surface area contributed by atoms with Crippen LogP contribution in [0.3, 0.4) is 0 Å². The Hall–Kier alpha value is -0.840. The highest BCUT2D eigenvalue weighted by molar-refractivity contribution is 5.04. The van der Waals surface area contributed by atoms with Gasteiger partial charge in [-0.3, -0.25) is 0 Å². The second kappa shape index (κ2) is 4.35. The zero-order valence-electron chi connectivity index (χ0n) is 8.65. The van der Waals surface area contributed by atoms with Gasteiger partial charge < -0.3 is 19.9 Å². The normalized spacial score (nSPS) is 20.9. The van der Waals surface area contributed by atoms with Gasteiger partial charge in [0.15, 0.2) is 0 Å². The molecule has 84 valence electrons. The molecule has 0 aliphatic heterocycles. The zero-order chi connectivity index (χ0) is 10.7. The summed E-state index contributed by atoms with van der Waals surface area (Å²) in [4.78, 5) is 0. The largest absolute Gasteiger partial charge is 0.467 e. The first-order valence-electron chi connectivity index (χ1n) is 5.33. The van der Waals surface area contributed by atoms with Crippen molar-refractivity contribution in [1.29, 1.82) is 0 Å². The van der Waals surface area contributed by atoms with Crippen LogP contribution in [0.5, 0.6) is 0 Å². The Labute approximate surface area is 88.9 Å². The molecule has 1 atom stereocenters. The lowest BCUT2D eigenvalue weighted by atomic mass is 9.77. The first-order chi connectivity index (χ1) is 7.26. The van der Waals surface area contributed by atoms with E-state index < -0.39 is 6.10 Å². The predicted octanol–water partition coefficient (Wildman–Crippen LogP) is 0.818. The lowest BCUT2D eigenvalue weighted by molar-refractivity contribution is 0.0635. The lowest BCUT2D eigenvalue weighted by Gasteiger charge is -2.41. The highest BCUT2D eigenvalue weighted by atomic mass is 16.4. The van der Waals surface area contributed by atoms with Gasteiger partial charge in [-0.25, -0.2) is 0 Å². The molecule has 0 bridgehead atoms. The molecule has 1 aliphatic carbocycles. The van der Waals surface area contributed by atoms with E-state index in [4.69, 9.17) is 4.42 Å². The lowest BCUT2D eigenvalue weighted by Crippen LogP contribution is -2.54. The van der Waals surface area contributed by atoms with Crippen LogP contribution in [-0.4, -0.2) is 28.9 Å². The molecule has 1 fully saturated rings. The first-order valence-corrected chi connectivity index (χ1v) is 5.33. The Bertz CT molecular complexity index is 287. The fourth-order valence-electron chi connectivity index (χ4n) is 1.89. The molecule has 0 saturated heterocycles. The first kappa shape index (κ1) is 10.7. The summed E-state index contributed by atoms with van der Waals surface area (Å²) in [6.07, 6.45) is 4.01. The van der Waals surface area contributed by atoms with E-state index in [-0.39, 0.29) is 12.1 Å². The molecule has 0 radical (unpaired) electrons. The molecule has 3 N–H and O–H groups in total.